The van der Waals surface area contributed by atoms with E-state index in [0.717, 1.165) is 23.9 Å². The molecule has 3 rings (SSSR count). The molecule has 0 unspecified atom stereocenters. The number of aromatic amines is 1. The summed E-state index contributed by atoms with van der Waals surface area (Å²) in [5.74, 6) is 0.630. The van der Waals surface area contributed by atoms with E-state index in [0.29, 0.717) is 24.3 Å². The van der Waals surface area contributed by atoms with E-state index in [1.165, 1.54) is 5.56 Å². The summed E-state index contributed by atoms with van der Waals surface area (Å²) in [6.45, 7) is 3.23. The van der Waals surface area contributed by atoms with Gasteiger partial charge in [0.25, 0.3) is 5.56 Å². The monoisotopic (exact) mass is 365 g/mol. The molecule has 0 radical (unpaired) electrons. The molecule has 1 heterocycles. The van der Waals surface area contributed by atoms with Crippen LogP contribution < -0.4 is 21.5 Å². The molecule has 4 N–H and O–H groups in total. The fourth-order valence-electron chi connectivity index (χ4n) is 2.75. The van der Waals surface area contributed by atoms with Gasteiger partial charge < -0.3 is 16.0 Å². The van der Waals surface area contributed by atoms with Gasteiger partial charge in [-0.25, -0.2) is 9.89 Å². The predicted molar refractivity (Wildman–Crippen MR) is 108 cm³/mol. The normalized spacial score (nSPS) is 10.6. The van der Waals surface area contributed by atoms with Crippen LogP contribution in [0.2, 0.25) is 0 Å². The quantitative estimate of drug-likeness (QED) is 0.484. The molecule has 0 saturated heterocycles. The molecule has 140 valence electrons. The lowest BCUT2D eigenvalue weighted by atomic mass is 10.1. The average Bonchev–Trinajstić information content (AvgIpc) is 2.70. The van der Waals surface area contributed by atoms with E-state index in [1.54, 1.807) is 6.07 Å². The van der Waals surface area contributed by atoms with Gasteiger partial charge in [0.2, 0.25) is 0 Å². The number of aromatic nitrogens is 2. The molecule has 0 saturated carbocycles. The van der Waals surface area contributed by atoms with E-state index in [1.807, 2.05) is 42.5 Å². The van der Waals surface area contributed by atoms with E-state index in [2.05, 4.69) is 33.1 Å². The Kier molecular flexibility index (Phi) is 6.04. The number of carbonyl (C=O) groups excluding carboxylic acids is 1. The number of anilines is 2. The van der Waals surface area contributed by atoms with Crippen LogP contribution in [0, 0.1) is 0 Å². The van der Waals surface area contributed by atoms with E-state index in [4.69, 9.17) is 0 Å². The van der Waals surface area contributed by atoms with Crippen molar-refractivity contribution in [3.8, 4) is 0 Å². The zero-order valence-electron chi connectivity index (χ0n) is 15.2. The first kappa shape index (κ1) is 18.4. The van der Waals surface area contributed by atoms with Gasteiger partial charge in [-0.15, -0.1) is 0 Å². The summed E-state index contributed by atoms with van der Waals surface area (Å²) in [4.78, 5) is 23.7. The lowest BCUT2D eigenvalue weighted by molar-refractivity contribution is 0.252. The third-order valence-corrected chi connectivity index (χ3v) is 4.25. The molecule has 3 aromatic rings. The lowest BCUT2D eigenvalue weighted by Gasteiger charge is -2.10. The molecule has 0 aliphatic carbocycles. The highest BCUT2D eigenvalue weighted by molar-refractivity contribution is 5.91. The van der Waals surface area contributed by atoms with E-state index < -0.39 is 0 Å². The fourth-order valence-corrected chi connectivity index (χ4v) is 2.75. The maximum absolute atomic E-state index is 11.9. The topological polar surface area (TPSA) is 98.9 Å². The number of benzene rings is 2. The van der Waals surface area contributed by atoms with Crippen molar-refractivity contribution in [2.75, 3.05) is 23.7 Å². The second kappa shape index (κ2) is 8.84. The summed E-state index contributed by atoms with van der Waals surface area (Å²) in [7, 11) is 0. The summed E-state index contributed by atoms with van der Waals surface area (Å²) < 4.78 is 0. The number of rotatable bonds is 7. The van der Waals surface area contributed by atoms with E-state index >= 15 is 0 Å². The predicted octanol–water partition coefficient (Wildman–Crippen LogP) is 3.11. The van der Waals surface area contributed by atoms with E-state index in [9.17, 15) is 9.59 Å². The van der Waals surface area contributed by atoms with Gasteiger partial charge in [-0.05, 0) is 36.6 Å². The molecule has 2 amide bonds. The molecule has 2 aromatic carbocycles. The van der Waals surface area contributed by atoms with Crippen LogP contribution in [0.3, 0.4) is 0 Å². The van der Waals surface area contributed by atoms with Gasteiger partial charge in [-0.1, -0.05) is 37.3 Å². The van der Waals surface area contributed by atoms with E-state index in [-0.39, 0.29) is 11.6 Å². The minimum absolute atomic E-state index is 0.207. The minimum atomic E-state index is -0.230. The van der Waals surface area contributed by atoms with Crippen LogP contribution in [-0.2, 0) is 6.42 Å². The first-order valence-electron chi connectivity index (χ1n) is 9.02. The molecule has 0 aliphatic rings. The molecule has 1 aromatic heterocycles. The number of nitrogens with one attached hydrogen (secondary N) is 4. The fraction of sp³-hybridized carbons (Fsp3) is 0.250. The lowest BCUT2D eigenvalue weighted by Crippen LogP contribution is -2.30. The van der Waals surface area contributed by atoms with Crippen molar-refractivity contribution in [1.82, 2.24) is 15.5 Å². The number of urea groups is 1. The standard InChI is InChI=1S/C20H23N5O2/c1-2-14-8-10-15(11-9-14)23-20(27)22-13-5-12-21-18-16-6-3-4-7-17(16)19(26)25-24-18/h3-4,6-11H,2,5,12-13H2,1H3,(H,21,24)(H,25,26)(H2,22,23,27). The van der Waals surface area contributed by atoms with Crippen molar-refractivity contribution in [1.29, 1.82) is 0 Å². The summed E-state index contributed by atoms with van der Waals surface area (Å²) in [5, 5.41) is 16.8. The van der Waals surface area contributed by atoms with Crippen molar-refractivity contribution < 1.29 is 4.79 Å². The Bertz CT molecular complexity index is 966. The first-order valence-corrected chi connectivity index (χ1v) is 9.02. The Hall–Kier alpha value is -3.35. The van der Waals surface area contributed by atoms with Gasteiger partial charge >= 0.3 is 6.03 Å². The molecule has 7 nitrogen and oxygen atoms in total. The largest absolute Gasteiger partial charge is 0.368 e. The molecule has 0 spiro atoms. The van der Waals surface area contributed by atoms with Crippen molar-refractivity contribution in [3.05, 3.63) is 64.4 Å². The van der Waals surface area contributed by atoms with Crippen molar-refractivity contribution >= 4 is 28.3 Å². The molecule has 0 fully saturated rings. The van der Waals surface area contributed by atoms with Crippen molar-refractivity contribution in [2.45, 2.75) is 19.8 Å². The second-order valence-corrected chi connectivity index (χ2v) is 6.16. The zero-order chi connectivity index (χ0) is 19.1. The van der Waals surface area contributed by atoms with Crippen LogP contribution in [0.4, 0.5) is 16.3 Å². The third kappa shape index (κ3) is 4.84. The number of fused-ring (bicyclic) bond motifs is 1. The van der Waals surface area contributed by atoms with Crippen LogP contribution in [0.25, 0.3) is 10.8 Å². The number of aryl methyl sites for hydroxylation is 1. The van der Waals surface area contributed by atoms with Crippen LogP contribution in [0.1, 0.15) is 18.9 Å². The second-order valence-electron chi connectivity index (χ2n) is 6.16. The molecule has 0 atom stereocenters. The average molecular weight is 365 g/mol. The molecule has 27 heavy (non-hydrogen) atoms. The number of H-pyrrole nitrogens is 1. The summed E-state index contributed by atoms with van der Waals surface area (Å²) in [6.07, 6.45) is 1.69. The molecule has 0 bridgehead atoms. The SMILES string of the molecule is CCc1ccc(NC(=O)NCCCNc2n[nH]c(=O)c3ccccc23)cc1. The Balaban J connectivity index is 1.43. The third-order valence-electron chi connectivity index (χ3n) is 4.25. The number of amides is 2. The number of hydrogen-bond acceptors (Lipinski definition) is 4. The smallest absolute Gasteiger partial charge is 0.319 e. The van der Waals surface area contributed by atoms with Gasteiger partial charge in [0, 0.05) is 24.2 Å². The molecule has 0 aliphatic heterocycles. The highest BCUT2D eigenvalue weighted by Crippen LogP contribution is 2.16. The Labute approximate surface area is 157 Å². The van der Waals surface area contributed by atoms with Gasteiger partial charge in [0.05, 0.1) is 5.39 Å². The van der Waals surface area contributed by atoms with Crippen LogP contribution in [0.15, 0.2) is 53.3 Å². The first-order chi connectivity index (χ1) is 13.2. The highest BCUT2D eigenvalue weighted by Gasteiger charge is 2.05. The maximum atomic E-state index is 11.9. The van der Waals surface area contributed by atoms with Crippen LogP contribution >= 0.6 is 0 Å². The Morgan fingerprint density at radius 3 is 2.52 bits per heavy atom. The van der Waals surface area contributed by atoms with Crippen LogP contribution in [-0.4, -0.2) is 29.3 Å². The Morgan fingerprint density at radius 2 is 1.78 bits per heavy atom. The summed E-state index contributed by atoms with van der Waals surface area (Å²) >= 11 is 0. The molecular formula is C20H23N5O2. The Morgan fingerprint density at radius 1 is 1.04 bits per heavy atom. The van der Waals surface area contributed by atoms with Gasteiger partial charge in [0.15, 0.2) is 5.82 Å². The summed E-state index contributed by atoms with van der Waals surface area (Å²) in [5.41, 5.74) is 1.80. The van der Waals surface area contributed by atoms with Crippen LogP contribution in [0.5, 0.6) is 0 Å². The number of nitrogens with zero attached hydrogens (tertiary/aromatic N) is 1. The maximum Gasteiger partial charge on any atom is 0.319 e. The zero-order valence-corrected chi connectivity index (χ0v) is 15.2. The van der Waals surface area contributed by atoms with Crippen molar-refractivity contribution in [2.24, 2.45) is 0 Å². The highest BCUT2D eigenvalue weighted by atomic mass is 16.2. The molecule has 7 heteroatoms. The number of carbonyl (C=O) groups is 1. The van der Waals surface area contributed by atoms with Gasteiger partial charge in [-0.2, -0.15) is 5.10 Å². The molecular weight excluding hydrogens is 342 g/mol. The number of hydrogen-bond donors (Lipinski definition) is 4. The summed E-state index contributed by atoms with van der Waals surface area (Å²) in [6, 6.07) is 14.9. The minimum Gasteiger partial charge on any atom is -0.368 e. The van der Waals surface area contributed by atoms with Gasteiger partial charge in [-0.3, -0.25) is 4.79 Å². The van der Waals surface area contributed by atoms with Crippen molar-refractivity contribution in [3.63, 3.8) is 0 Å². The van der Waals surface area contributed by atoms with Gasteiger partial charge in [0.1, 0.15) is 0 Å².